The Labute approximate surface area is 143 Å². The summed E-state index contributed by atoms with van der Waals surface area (Å²) < 4.78 is 0. The van der Waals surface area contributed by atoms with E-state index in [2.05, 4.69) is 46.2 Å². The molecule has 3 rings (SSSR count). The zero-order valence-corrected chi connectivity index (χ0v) is 14.5. The molecule has 0 aromatic heterocycles. The van der Waals surface area contributed by atoms with E-state index in [1.807, 2.05) is 0 Å². The summed E-state index contributed by atoms with van der Waals surface area (Å²) in [5, 5.41) is 3.70. The van der Waals surface area contributed by atoms with Gasteiger partial charge < -0.3 is 11.1 Å². The summed E-state index contributed by atoms with van der Waals surface area (Å²) in [6.45, 7) is 1.77. The number of thioether (sulfide) groups is 1. The van der Waals surface area contributed by atoms with E-state index < -0.39 is 0 Å². The second kappa shape index (κ2) is 8.06. The predicted octanol–water partition coefficient (Wildman–Crippen LogP) is 2.83. The topological polar surface area (TPSA) is 58.4 Å². The Morgan fingerprint density at radius 1 is 1.26 bits per heavy atom. The lowest BCUT2D eigenvalue weighted by atomic mass is 10.1. The molecule has 4 nitrogen and oxygen atoms in total. The number of rotatable bonds is 5. The molecule has 5 heteroatoms. The molecule has 2 atom stereocenters. The van der Waals surface area contributed by atoms with E-state index in [4.69, 9.17) is 5.73 Å². The zero-order valence-electron chi connectivity index (χ0n) is 13.7. The van der Waals surface area contributed by atoms with Gasteiger partial charge in [-0.2, -0.15) is 11.8 Å². The fourth-order valence-electron chi connectivity index (χ4n) is 3.62. The summed E-state index contributed by atoms with van der Waals surface area (Å²) in [5.41, 5.74) is 7.97. The molecule has 2 heterocycles. The van der Waals surface area contributed by atoms with E-state index >= 15 is 0 Å². The normalized spacial score (nSPS) is 25.9. The van der Waals surface area contributed by atoms with Crippen molar-refractivity contribution in [2.24, 2.45) is 5.73 Å². The standard InChI is InChI=1S/C18H27N3OS/c19-18(22)17-7-2-9-21(17)13-14-4-1-5-16(12-14)20-15-6-3-10-23-11-8-15/h1,4-5,12,15,17,20H,2-3,6-11,13H2,(H2,19,22)/t15-,17-/m0/s1. The first kappa shape index (κ1) is 16.7. The Hall–Kier alpha value is -1.20. The van der Waals surface area contributed by atoms with Crippen LogP contribution >= 0.6 is 11.8 Å². The molecule has 2 fully saturated rings. The highest BCUT2D eigenvalue weighted by atomic mass is 32.2. The van der Waals surface area contributed by atoms with Gasteiger partial charge in [-0.05, 0) is 67.9 Å². The molecule has 1 aromatic rings. The van der Waals surface area contributed by atoms with Crippen LogP contribution in [0.25, 0.3) is 0 Å². The monoisotopic (exact) mass is 333 g/mol. The van der Waals surface area contributed by atoms with Gasteiger partial charge in [-0.25, -0.2) is 0 Å². The molecular weight excluding hydrogens is 306 g/mol. The second-order valence-corrected chi connectivity index (χ2v) is 7.84. The number of anilines is 1. The molecule has 1 amide bonds. The van der Waals surface area contributed by atoms with Gasteiger partial charge in [-0.15, -0.1) is 0 Å². The first-order valence-corrected chi connectivity index (χ1v) is 9.84. The average molecular weight is 334 g/mol. The highest BCUT2D eigenvalue weighted by molar-refractivity contribution is 7.99. The minimum absolute atomic E-state index is 0.0921. The number of likely N-dealkylation sites (tertiary alicyclic amines) is 1. The number of benzene rings is 1. The lowest BCUT2D eigenvalue weighted by molar-refractivity contribution is -0.122. The highest BCUT2D eigenvalue weighted by Gasteiger charge is 2.28. The Morgan fingerprint density at radius 3 is 3.04 bits per heavy atom. The fraction of sp³-hybridized carbons (Fsp3) is 0.611. The maximum Gasteiger partial charge on any atom is 0.234 e. The van der Waals surface area contributed by atoms with Crippen LogP contribution in [0.4, 0.5) is 5.69 Å². The van der Waals surface area contributed by atoms with Crippen LogP contribution in [0.5, 0.6) is 0 Å². The van der Waals surface area contributed by atoms with Crippen molar-refractivity contribution in [1.29, 1.82) is 0 Å². The van der Waals surface area contributed by atoms with Gasteiger partial charge in [-0.3, -0.25) is 9.69 Å². The van der Waals surface area contributed by atoms with Crippen molar-refractivity contribution < 1.29 is 4.79 Å². The lowest BCUT2D eigenvalue weighted by Gasteiger charge is -2.23. The van der Waals surface area contributed by atoms with Crippen molar-refractivity contribution in [3.05, 3.63) is 29.8 Å². The van der Waals surface area contributed by atoms with Gasteiger partial charge >= 0.3 is 0 Å². The first-order chi connectivity index (χ1) is 11.2. The molecule has 2 aliphatic rings. The Bertz CT molecular complexity index is 529. The van der Waals surface area contributed by atoms with Crippen LogP contribution in [-0.4, -0.2) is 40.9 Å². The van der Waals surface area contributed by atoms with Crippen molar-refractivity contribution in [3.8, 4) is 0 Å². The number of nitrogens with two attached hydrogens (primary N) is 1. The molecule has 0 unspecified atom stereocenters. The van der Waals surface area contributed by atoms with E-state index in [-0.39, 0.29) is 11.9 Å². The average Bonchev–Trinajstić information content (AvgIpc) is 2.84. The summed E-state index contributed by atoms with van der Waals surface area (Å²) in [4.78, 5) is 13.7. The zero-order chi connectivity index (χ0) is 16.1. The van der Waals surface area contributed by atoms with Crippen LogP contribution in [-0.2, 0) is 11.3 Å². The summed E-state index contributed by atoms with van der Waals surface area (Å²) in [6, 6.07) is 9.13. The first-order valence-electron chi connectivity index (χ1n) is 8.69. The second-order valence-electron chi connectivity index (χ2n) is 6.62. The number of carbonyl (C=O) groups is 1. The number of primary amides is 1. The molecule has 0 radical (unpaired) electrons. The van der Waals surface area contributed by atoms with Crippen molar-refractivity contribution >= 4 is 23.4 Å². The molecule has 0 saturated carbocycles. The van der Waals surface area contributed by atoms with Crippen LogP contribution < -0.4 is 11.1 Å². The van der Waals surface area contributed by atoms with Gasteiger partial charge in [0.05, 0.1) is 6.04 Å². The fourth-order valence-corrected chi connectivity index (χ4v) is 4.64. The molecule has 3 N–H and O–H groups in total. The van der Waals surface area contributed by atoms with Gasteiger partial charge in [0.25, 0.3) is 0 Å². The van der Waals surface area contributed by atoms with Crippen LogP contribution in [0.15, 0.2) is 24.3 Å². The van der Waals surface area contributed by atoms with Crippen molar-refractivity contribution in [2.75, 3.05) is 23.4 Å². The third-order valence-corrected chi connectivity index (χ3v) is 5.93. The summed E-state index contributed by atoms with van der Waals surface area (Å²) in [6.07, 6.45) is 5.76. The molecule has 126 valence electrons. The Balaban J connectivity index is 1.61. The summed E-state index contributed by atoms with van der Waals surface area (Å²) >= 11 is 2.07. The summed E-state index contributed by atoms with van der Waals surface area (Å²) in [7, 11) is 0. The van der Waals surface area contributed by atoms with Crippen molar-refractivity contribution in [3.63, 3.8) is 0 Å². The number of nitrogens with zero attached hydrogens (tertiary/aromatic N) is 1. The maximum absolute atomic E-state index is 11.5. The van der Waals surface area contributed by atoms with Gasteiger partial charge in [0.2, 0.25) is 5.91 Å². The molecule has 0 spiro atoms. The molecule has 2 saturated heterocycles. The maximum atomic E-state index is 11.5. The van der Waals surface area contributed by atoms with E-state index in [1.54, 1.807) is 0 Å². The predicted molar refractivity (Wildman–Crippen MR) is 97.7 cm³/mol. The number of hydrogen-bond acceptors (Lipinski definition) is 4. The van der Waals surface area contributed by atoms with E-state index in [1.165, 1.54) is 42.0 Å². The highest BCUT2D eigenvalue weighted by Crippen LogP contribution is 2.23. The SMILES string of the molecule is NC(=O)[C@@H]1CCCN1Cc1cccc(N[C@H]2CCCSCC2)c1. The van der Waals surface area contributed by atoms with Crippen LogP contribution in [0.3, 0.4) is 0 Å². The smallest absolute Gasteiger partial charge is 0.234 e. The largest absolute Gasteiger partial charge is 0.382 e. The van der Waals surface area contributed by atoms with Crippen LogP contribution in [0.1, 0.15) is 37.7 Å². The minimum atomic E-state index is -0.187. The Morgan fingerprint density at radius 2 is 2.17 bits per heavy atom. The van der Waals surface area contributed by atoms with Gasteiger partial charge in [0.15, 0.2) is 0 Å². The quantitative estimate of drug-likeness (QED) is 0.870. The van der Waals surface area contributed by atoms with Crippen molar-refractivity contribution in [1.82, 2.24) is 4.90 Å². The molecule has 23 heavy (non-hydrogen) atoms. The van der Waals surface area contributed by atoms with E-state index in [9.17, 15) is 4.79 Å². The number of amides is 1. The molecule has 1 aromatic carbocycles. The van der Waals surface area contributed by atoms with Crippen molar-refractivity contribution in [2.45, 2.75) is 50.7 Å². The third kappa shape index (κ3) is 4.64. The lowest BCUT2D eigenvalue weighted by Crippen LogP contribution is -2.39. The summed E-state index contributed by atoms with van der Waals surface area (Å²) in [5.74, 6) is 2.36. The number of carbonyl (C=O) groups excluding carboxylic acids is 1. The van der Waals surface area contributed by atoms with Crippen LogP contribution in [0.2, 0.25) is 0 Å². The third-order valence-electron chi connectivity index (χ3n) is 4.83. The Kier molecular flexibility index (Phi) is 5.84. The molecule has 0 bridgehead atoms. The number of hydrogen-bond donors (Lipinski definition) is 2. The number of nitrogens with one attached hydrogen (secondary N) is 1. The molecule has 2 aliphatic heterocycles. The van der Waals surface area contributed by atoms with E-state index in [0.717, 1.165) is 25.9 Å². The minimum Gasteiger partial charge on any atom is -0.382 e. The molecular formula is C18H27N3OS. The molecule has 0 aliphatic carbocycles. The van der Waals surface area contributed by atoms with Crippen LogP contribution in [0, 0.1) is 0 Å². The van der Waals surface area contributed by atoms with Gasteiger partial charge in [-0.1, -0.05) is 12.1 Å². The van der Waals surface area contributed by atoms with E-state index in [0.29, 0.717) is 6.04 Å². The van der Waals surface area contributed by atoms with Gasteiger partial charge in [0.1, 0.15) is 0 Å². The van der Waals surface area contributed by atoms with Gasteiger partial charge in [0, 0.05) is 18.3 Å².